The number of hydrogen-bond acceptors (Lipinski definition) is 2. The molecule has 1 heterocycles. The number of amides is 2. The lowest BCUT2D eigenvalue weighted by atomic mass is 10.1. The van der Waals surface area contributed by atoms with Gasteiger partial charge in [-0.25, -0.2) is 4.79 Å². The highest BCUT2D eigenvalue weighted by molar-refractivity contribution is 6.31. The van der Waals surface area contributed by atoms with Crippen LogP contribution in [0.5, 0.6) is 0 Å². The van der Waals surface area contributed by atoms with Gasteiger partial charge in [-0.3, -0.25) is 10.4 Å². The molecular formula is C12H13ClN4O. The van der Waals surface area contributed by atoms with Crippen LogP contribution >= 0.6 is 11.6 Å². The van der Waals surface area contributed by atoms with Crippen molar-refractivity contribution in [3.8, 4) is 0 Å². The molecule has 0 aliphatic rings. The predicted octanol–water partition coefficient (Wildman–Crippen LogP) is 3.32. The van der Waals surface area contributed by atoms with Crippen molar-refractivity contribution in [2.75, 3.05) is 10.6 Å². The average Bonchev–Trinajstić information content (AvgIpc) is 2.78. The van der Waals surface area contributed by atoms with Crippen LogP contribution < -0.4 is 10.6 Å². The minimum atomic E-state index is -0.345. The number of H-pyrrole nitrogens is 1. The maximum absolute atomic E-state index is 11.7. The van der Waals surface area contributed by atoms with Crippen LogP contribution in [-0.4, -0.2) is 16.2 Å². The van der Waals surface area contributed by atoms with E-state index in [0.717, 1.165) is 11.1 Å². The lowest BCUT2D eigenvalue weighted by molar-refractivity contribution is 0.262. The summed E-state index contributed by atoms with van der Waals surface area (Å²) in [5, 5.41) is 12.4. The molecule has 0 saturated heterocycles. The van der Waals surface area contributed by atoms with Crippen LogP contribution in [0, 0.1) is 13.8 Å². The smallest absolute Gasteiger partial charge is 0.307 e. The molecule has 18 heavy (non-hydrogen) atoms. The van der Waals surface area contributed by atoms with Gasteiger partial charge in [0.1, 0.15) is 5.82 Å². The van der Waals surface area contributed by atoms with Gasteiger partial charge >= 0.3 is 6.03 Å². The molecule has 0 saturated carbocycles. The van der Waals surface area contributed by atoms with E-state index in [1.807, 2.05) is 19.9 Å². The Hall–Kier alpha value is -2.01. The molecular weight excluding hydrogens is 252 g/mol. The number of halogens is 1. The molecule has 0 bridgehead atoms. The first-order valence-electron chi connectivity index (χ1n) is 5.40. The van der Waals surface area contributed by atoms with Crippen LogP contribution in [0.3, 0.4) is 0 Å². The van der Waals surface area contributed by atoms with Crippen LogP contribution in [0.4, 0.5) is 16.3 Å². The van der Waals surface area contributed by atoms with Gasteiger partial charge in [0, 0.05) is 16.8 Å². The first kappa shape index (κ1) is 12.4. The van der Waals surface area contributed by atoms with Crippen LogP contribution in [-0.2, 0) is 0 Å². The van der Waals surface area contributed by atoms with Crippen molar-refractivity contribution < 1.29 is 4.79 Å². The van der Waals surface area contributed by atoms with Crippen molar-refractivity contribution in [2.45, 2.75) is 13.8 Å². The van der Waals surface area contributed by atoms with E-state index in [-0.39, 0.29) is 6.03 Å². The standard InChI is InChI=1S/C12H13ClN4O/c1-7-5-8(2)10(6-9(7)13)15-12(18)16-11-3-4-14-17-11/h3-6H,1-2H3,(H3,14,15,16,17,18). The van der Waals surface area contributed by atoms with Crippen LogP contribution in [0.1, 0.15) is 11.1 Å². The molecule has 2 aromatic rings. The number of urea groups is 1. The number of nitrogens with one attached hydrogen (secondary N) is 3. The number of carbonyl (C=O) groups excluding carboxylic acids is 1. The average molecular weight is 265 g/mol. The number of benzene rings is 1. The lowest BCUT2D eigenvalue weighted by Crippen LogP contribution is -2.20. The molecule has 0 radical (unpaired) electrons. The molecule has 5 nitrogen and oxygen atoms in total. The second-order valence-corrected chi connectivity index (χ2v) is 4.37. The molecule has 0 unspecified atom stereocenters. The summed E-state index contributed by atoms with van der Waals surface area (Å²) in [4.78, 5) is 11.7. The van der Waals surface area contributed by atoms with Gasteiger partial charge in [-0.2, -0.15) is 5.10 Å². The van der Waals surface area contributed by atoms with Crippen molar-refractivity contribution in [3.05, 3.63) is 40.5 Å². The fraction of sp³-hybridized carbons (Fsp3) is 0.167. The van der Waals surface area contributed by atoms with E-state index < -0.39 is 0 Å². The van der Waals surface area contributed by atoms with Crippen molar-refractivity contribution in [3.63, 3.8) is 0 Å². The van der Waals surface area contributed by atoms with Gasteiger partial charge in [-0.05, 0) is 31.0 Å². The maximum Gasteiger partial charge on any atom is 0.324 e. The van der Waals surface area contributed by atoms with E-state index in [1.165, 1.54) is 0 Å². The molecule has 94 valence electrons. The third kappa shape index (κ3) is 2.81. The summed E-state index contributed by atoms with van der Waals surface area (Å²) in [6.07, 6.45) is 1.56. The lowest BCUT2D eigenvalue weighted by Gasteiger charge is -2.10. The Kier molecular flexibility index (Phi) is 3.53. The number of anilines is 2. The second kappa shape index (κ2) is 5.10. The summed E-state index contributed by atoms with van der Waals surface area (Å²) in [7, 11) is 0. The quantitative estimate of drug-likeness (QED) is 0.779. The highest BCUT2D eigenvalue weighted by Gasteiger charge is 2.07. The Morgan fingerprint density at radius 1 is 1.28 bits per heavy atom. The van der Waals surface area contributed by atoms with Crippen LogP contribution in [0.25, 0.3) is 0 Å². The topological polar surface area (TPSA) is 69.8 Å². The molecule has 2 rings (SSSR count). The second-order valence-electron chi connectivity index (χ2n) is 3.97. The summed E-state index contributed by atoms with van der Waals surface area (Å²) in [5.74, 6) is 0.531. The van der Waals surface area contributed by atoms with Gasteiger partial charge in [0.2, 0.25) is 0 Å². The first-order chi connectivity index (χ1) is 8.56. The molecule has 6 heteroatoms. The SMILES string of the molecule is Cc1cc(C)c(NC(=O)Nc2ccn[nH]2)cc1Cl. The Morgan fingerprint density at radius 2 is 2.06 bits per heavy atom. The molecule has 2 amide bonds. The van der Waals surface area contributed by atoms with E-state index in [2.05, 4.69) is 20.8 Å². The van der Waals surface area contributed by atoms with Crippen molar-refractivity contribution in [2.24, 2.45) is 0 Å². The van der Waals surface area contributed by atoms with Crippen molar-refractivity contribution in [1.29, 1.82) is 0 Å². The number of aryl methyl sites for hydroxylation is 2. The number of rotatable bonds is 2. The number of carbonyl (C=O) groups is 1. The summed E-state index contributed by atoms with van der Waals surface area (Å²) in [5.41, 5.74) is 2.62. The van der Waals surface area contributed by atoms with Gasteiger partial charge in [0.25, 0.3) is 0 Å². The van der Waals surface area contributed by atoms with E-state index in [0.29, 0.717) is 16.5 Å². The Morgan fingerprint density at radius 3 is 2.72 bits per heavy atom. The van der Waals surface area contributed by atoms with E-state index in [1.54, 1.807) is 18.3 Å². The van der Waals surface area contributed by atoms with Gasteiger partial charge in [0.15, 0.2) is 0 Å². The van der Waals surface area contributed by atoms with Crippen molar-refractivity contribution in [1.82, 2.24) is 10.2 Å². The normalized spacial score (nSPS) is 10.2. The highest BCUT2D eigenvalue weighted by atomic mass is 35.5. The number of nitrogens with zero attached hydrogens (tertiary/aromatic N) is 1. The Labute approximate surface area is 110 Å². The highest BCUT2D eigenvalue weighted by Crippen LogP contribution is 2.24. The molecule has 0 spiro atoms. The summed E-state index contributed by atoms with van der Waals surface area (Å²) in [6, 6.07) is 4.98. The number of aromatic nitrogens is 2. The van der Waals surface area contributed by atoms with Gasteiger partial charge in [-0.1, -0.05) is 17.7 Å². The number of aromatic amines is 1. The predicted molar refractivity (Wildman–Crippen MR) is 72.2 cm³/mol. The van der Waals surface area contributed by atoms with E-state index in [9.17, 15) is 4.79 Å². The maximum atomic E-state index is 11.7. The minimum Gasteiger partial charge on any atom is -0.307 e. The Balaban J connectivity index is 2.09. The molecule has 1 aromatic heterocycles. The van der Waals surface area contributed by atoms with Gasteiger partial charge in [0.05, 0.1) is 6.20 Å². The zero-order valence-electron chi connectivity index (χ0n) is 10.0. The summed E-state index contributed by atoms with van der Waals surface area (Å²) >= 11 is 6.02. The largest absolute Gasteiger partial charge is 0.324 e. The zero-order chi connectivity index (χ0) is 13.1. The zero-order valence-corrected chi connectivity index (χ0v) is 10.8. The first-order valence-corrected chi connectivity index (χ1v) is 5.78. The third-order valence-corrected chi connectivity index (χ3v) is 2.91. The summed E-state index contributed by atoms with van der Waals surface area (Å²) in [6.45, 7) is 3.83. The van der Waals surface area contributed by atoms with Gasteiger partial charge < -0.3 is 5.32 Å². The van der Waals surface area contributed by atoms with Crippen LogP contribution in [0.2, 0.25) is 5.02 Å². The fourth-order valence-electron chi connectivity index (χ4n) is 1.56. The minimum absolute atomic E-state index is 0.345. The molecule has 0 atom stereocenters. The van der Waals surface area contributed by atoms with Gasteiger partial charge in [-0.15, -0.1) is 0 Å². The molecule has 1 aromatic carbocycles. The number of hydrogen-bond donors (Lipinski definition) is 3. The third-order valence-electron chi connectivity index (χ3n) is 2.50. The Bertz CT molecular complexity index is 566. The monoisotopic (exact) mass is 264 g/mol. The summed E-state index contributed by atoms with van der Waals surface area (Å²) < 4.78 is 0. The van der Waals surface area contributed by atoms with Crippen molar-refractivity contribution >= 4 is 29.1 Å². The molecule has 3 N–H and O–H groups in total. The molecule has 0 aliphatic heterocycles. The van der Waals surface area contributed by atoms with Crippen LogP contribution in [0.15, 0.2) is 24.4 Å². The molecule has 0 aliphatic carbocycles. The van der Waals surface area contributed by atoms with E-state index in [4.69, 9.17) is 11.6 Å². The fourth-order valence-corrected chi connectivity index (χ4v) is 1.73. The molecule has 0 fully saturated rings. The van der Waals surface area contributed by atoms with E-state index >= 15 is 0 Å².